The van der Waals surface area contributed by atoms with Crippen LogP contribution >= 0.6 is 0 Å². The van der Waals surface area contributed by atoms with Gasteiger partial charge in [-0.15, -0.1) is 0 Å². The molecule has 0 aliphatic rings. The van der Waals surface area contributed by atoms with Crippen LogP contribution in [0.5, 0.6) is 0 Å². The summed E-state index contributed by atoms with van der Waals surface area (Å²) < 4.78 is 0. The predicted molar refractivity (Wildman–Crippen MR) is 68.3 cm³/mol. The molecule has 1 atom stereocenters. The number of H-pyrrole nitrogens is 1. The maximum atomic E-state index is 4.19. The van der Waals surface area contributed by atoms with Crippen LogP contribution < -0.4 is 5.32 Å². The highest BCUT2D eigenvalue weighted by Crippen LogP contribution is 2.07. The lowest BCUT2D eigenvalue weighted by atomic mass is 10.1. The monoisotopic (exact) mass is 223 g/mol. The SMILES string of the molecule is CCCCCCCC(C)NCc1ncc[nH]1. The molecule has 0 amide bonds. The molecule has 1 unspecified atom stereocenters. The molecule has 0 saturated heterocycles. The van der Waals surface area contributed by atoms with Gasteiger partial charge in [-0.3, -0.25) is 0 Å². The van der Waals surface area contributed by atoms with Gasteiger partial charge in [-0.1, -0.05) is 39.0 Å². The lowest BCUT2D eigenvalue weighted by Gasteiger charge is -2.12. The lowest BCUT2D eigenvalue weighted by Crippen LogP contribution is -2.25. The number of nitrogens with zero attached hydrogens (tertiary/aromatic N) is 1. The zero-order valence-corrected chi connectivity index (χ0v) is 10.6. The molecule has 16 heavy (non-hydrogen) atoms. The van der Waals surface area contributed by atoms with E-state index in [9.17, 15) is 0 Å². The molecule has 1 heterocycles. The van der Waals surface area contributed by atoms with Gasteiger partial charge < -0.3 is 10.3 Å². The zero-order chi connectivity index (χ0) is 11.6. The Morgan fingerprint density at radius 1 is 1.31 bits per heavy atom. The summed E-state index contributed by atoms with van der Waals surface area (Å²) in [5.74, 6) is 1.03. The average molecular weight is 223 g/mol. The topological polar surface area (TPSA) is 40.7 Å². The van der Waals surface area contributed by atoms with Crippen molar-refractivity contribution in [1.29, 1.82) is 0 Å². The molecule has 2 N–H and O–H groups in total. The quantitative estimate of drug-likeness (QED) is 0.631. The van der Waals surface area contributed by atoms with E-state index in [0.29, 0.717) is 6.04 Å². The fraction of sp³-hybridized carbons (Fsp3) is 0.769. The molecular formula is C13H25N3. The van der Waals surface area contributed by atoms with E-state index in [1.54, 1.807) is 6.20 Å². The summed E-state index contributed by atoms with van der Waals surface area (Å²) in [6.45, 7) is 5.36. The molecule has 1 rings (SSSR count). The third-order valence-electron chi connectivity index (χ3n) is 2.91. The van der Waals surface area contributed by atoms with Crippen LogP contribution in [0.25, 0.3) is 0 Å². The number of hydrogen-bond donors (Lipinski definition) is 2. The minimum Gasteiger partial charge on any atom is -0.348 e. The van der Waals surface area contributed by atoms with Crippen LogP contribution in [-0.4, -0.2) is 16.0 Å². The second-order valence-electron chi connectivity index (χ2n) is 4.52. The van der Waals surface area contributed by atoms with Crippen molar-refractivity contribution in [2.75, 3.05) is 0 Å². The minimum absolute atomic E-state index is 0.590. The second-order valence-corrected chi connectivity index (χ2v) is 4.52. The maximum Gasteiger partial charge on any atom is 0.120 e. The number of rotatable bonds is 9. The van der Waals surface area contributed by atoms with Gasteiger partial charge in [-0.05, 0) is 13.3 Å². The molecular weight excluding hydrogens is 198 g/mol. The largest absolute Gasteiger partial charge is 0.348 e. The highest BCUT2D eigenvalue weighted by Gasteiger charge is 2.02. The standard InChI is InChI=1S/C13H25N3/c1-3-4-5-6-7-8-12(2)16-11-13-14-9-10-15-13/h9-10,12,16H,3-8,11H2,1-2H3,(H,14,15). The third kappa shape index (κ3) is 5.91. The molecule has 0 spiro atoms. The van der Waals surface area contributed by atoms with Gasteiger partial charge >= 0.3 is 0 Å². The zero-order valence-electron chi connectivity index (χ0n) is 10.6. The summed E-state index contributed by atoms with van der Waals surface area (Å²) in [6.07, 6.45) is 11.7. The Morgan fingerprint density at radius 3 is 2.81 bits per heavy atom. The molecule has 0 aliphatic heterocycles. The van der Waals surface area contributed by atoms with Crippen LogP contribution in [-0.2, 0) is 6.54 Å². The van der Waals surface area contributed by atoms with E-state index >= 15 is 0 Å². The maximum absolute atomic E-state index is 4.19. The van der Waals surface area contributed by atoms with E-state index in [1.807, 2.05) is 6.20 Å². The Kier molecular flexibility index (Phi) is 6.90. The van der Waals surface area contributed by atoms with Gasteiger partial charge in [0.15, 0.2) is 0 Å². The highest BCUT2D eigenvalue weighted by atomic mass is 15.0. The minimum atomic E-state index is 0.590. The Hall–Kier alpha value is -0.830. The fourth-order valence-corrected chi connectivity index (χ4v) is 1.82. The Bertz CT molecular complexity index is 244. The number of aromatic amines is 1. The van der Waals surface area contributed by atoms with E-state index in [1.165, 1.54) is 38.5 Å². The van der Waals surface area contributed by atoms with Crippen LogP contribution in [0.3, 0.4) is 0 Å². The molecule has 3 heteroatoms. The number of aromatic nitrogens is 2. The number of imidazole rings is 1. The Morgan fingerprint density at radius 2 is 2.12 bits per heavy atom. The van der Waals surface area contributed by atoms with E-state index in [2.05, 4.69) is 29.1 Å². The van der Waals surface area contributed by atoms with E-state index in [4.69, 9.17) is 0 Å². The van der Waals surface area contributed by atoms with Crippen molar-refractivity contribution >= 4 is 0 Å². The van der Waals surface area contributed by atoms with Crippen molar-refractivity contribution in [2.45, 2.75) is 65.0 Å². The van der Waals surface area contributed by atoms with Gasteiger partial charge in [0, 0.05) is 18.4 Å². The van der Waals surface area contributed by atoms with Crippen LogP contribution in [0.4, 0.5) is 0 Å². The molecule has 1 aromatic heterocycles. The summed E-state index contributed by atoms with van der Waals surface area (Å²) in [6, 6.07) is 0.590. The summed E-state index contributed by atoms with van der Waals surface area (Å²) in [5, 5.41) is 3.48. The van der Waals surface area contributed by atoms with Crippen LogP contribution in [0, 0.1) is 0 Å². The van der Waals surface area contributed by atoms with E-state index in [-0.39, 0.29) is 0 Å². The highest BCUT2D eigenvalue weighted by molar-refractivity contribution is 4.86. The predicted octanol–water partition coefficient (Wildman–Crippen LogP) is 3.25. The third-order valence-corrected chi connectivity index (χ3v) is 2.91. The smallest absolute Gasteiger partial charge is 0.120 e. The molecule has 0 radical (unpaired) electrons. The molecule has 0 fully saturated rings. The van der Waals surface area contributed by atoms with E-state index in [0.717, 1.165) is 12.4 Å². The first-order valence-electron chi connectivity index (χ1n) is 6.54. The second kappa shape index (κ2) is 8.34. The Labute approximate surface area is 99.1 Å². The van der Waals surface area contributed by atoms with Gasteiger partial charge in [0.2, 0.25) is 0 Å². The van der Waals surface area contributed by atoms with E-state index < -0.39 is 0 Å². The fourth-order valence-electron chi connectivity index (χ4n) is 1.82. The molecule has 0 bridgehead atoms. The first-order chi connectivity index (χ1) is 7.83. The van der Waals surface area contributed by atoms with Gasteiger partial charge in [0.25, 0.3) is 0 Å². The molecule has 1 aromatic rings. The number of nitrogens with one attached hydrogen (secondary N) is 2. The van der Waals surface area contributed by atoms with Gasteiger partial charge in [0.05, 0.1) is 6.54 Å². The van der Waals surface area contributed by atoms with Gasteiger partial charge in [0.1, 0.15) is 5.82 Å². The summed E-state index contributed by atoms with van der Waals surface area (Å²) in [7, 11) is 0. The van der Waals surface area contributed by atoms with Crippen LogP contribution in [0.1, 0.15) is 58.2 Å². The van der Waals surface area contributed by atoms with Gasteiger partial charge in [-0.25, -0.2) is 4.98 Å². The first kappa shape index (κ1) is 13.2. The summed E-state index contributed by atoms with van der Waals surface area (Å²) >= 11 is 0. The molecule has 0 saturated carbocycles. The first-order valence-corrected chi connectivity index (χ1v) is 6.54. The number of unbranched alkanes of at least 4 members (excludes halogenated alkanes) is 4. The summed E-state index contributed by atoms with van der Waals surface area (Å²) in [5.41, 5.74) is 0. The lowest BCUT2D eigenvalue weighted by molar-refractivity contribution is 0.474. The number of hydrogen-bond acceptors (Lipinski definition) is 2. The van der Waals surface area contributed by atoms with Crippen molar-refractivity contribution < 1.29 is 0 Å². The average Bonchev–Trinajstić information content (AvgIpc) is 2.79. The molecule has 0 aliphatic carbocycles. The van der Waals surface area contributed by atoms with Crippen molar-refractivity contribution in [2.24, 2.45) is 0 Å². The molecule has 92 valence electrons. The molecule has 3 nitrogen and oxygen atoms in total. The van der Waals surface area contributed by atoms with Crippen molar-refractivity contribution in [3.05, 3.63) is 18.2 Å². The normalized spacial score (nSPS) is 12.9. The van der Waals surface area contributed by atoms with Crippen molar-refractivity contribution in [3.8, 4) is 0 Å². The van der Waals surface area contributed by atoms with Gasteiger partial charge in [-0.2, -0.15) is 0 Å². The van der Waals surface area contributed by atoms with Crippen molar-refractivity contribution in [1.82, 2.24) is 15.3 Å². The summed E-state index contributed by atoms with van der Waals surface area (Å²) in [4.78, 5) is 7.29. The van der Waals surface area contributed by atoms with Crippen LogP contribution in [0.2, 0.25) is 0 Å². The van der Waals surface area contributed by atoms with Crippen molar-refractivity contribution in [3.63, 3.8) is 0 Å². The van der Waals surface area contributed by atoms with Crippen LogP contribution in [0.15, 0.2) is 12.4 Å². The Balaban J connectivity index is 1.96. The molecule has 0 aromatic carbocycles.